The van der Waals surface area contributed by atoms with Gasteiger partial charge in [-0.15, -0.1) is 0 Å². The number of rotatable bonds is 3. The predicted octanol–water partition coefficient (Wildman–Crippen LogP) is 0.451. The van der Waals surface area contributed by atoms with E-state index in [4.69, 9.17) is 4.74 Å². The molecule has 0 N–H and O–H groups in total. The van der Waals surface area contributed by atoms with Crippen LogP contribution >= 0.6 is 0 Å². The largest absolute Gasteiger partial charge is 0.481 e. The maximum Gasteiger partial charge on any atom is 0.250 e. The number of ether oxygens (including phenoxy) is 1. The summed E-state index contributed by atoms with van der Waals surface area (Å²) in [6.45, 7) is 1.88. The zero-order valence-corrected chi connectivity index (χ0v) is 9.13. The third-order valence-corrected chi connectivity index (χ3v) is 2.48. The fourth-order valence-corrected chi connectivity index (χ4v) is 1.44. The zero-order valence-electron chi connectivity index (χ0n) is 8.31. The van der Waals surface area contributed by atoms with E-state index in [0.29, 0.717) is 12.1 Å². The SMILES string of the molecule is CCc1cc(OC)nc(S(C)(=O)=O)n1. The fraction of sp³-hybridized carbons (Fsp3) is 0.500. The van der Waals surface area contributed by atoms with Crippen molar-refractivity contribution in [3.05, 3.63) is 11.8 Å². The van der Waals surface area contributed by atoms with Crippen LogP contribution in [0.15, 0.2) is 11.2 Å². The summed E-state index contributed by atoms with van der Waals surface area (Å²) in [6, 6.07) is 1.62. The average molecular weight is 216 g/mol. The van der Waals surface area contributed by atoms with Crippen LogP contribution in [0.4, 0.5) is 0 Å². The summed E-state index contributed by atoms with van der Waals surface area (Å²) in [5, 5.41) is -0.186. The van der Waals surface area contributed by atoms with Crippen LogP contribution in [-0.4, -0.2) is 31.8 Å². The number of hydrogen-bond donors (Lipinski definition) is 0. The smallest absolute Gasteiger partial charge is 0.250 e. The van der Waals surface area contributed by atoms with E-state index < -0.39 is 9.84 Å². The van der Waals surface area contributed by atoms with E-state index in [1.54, 1.807) is 6.07 Å². The second-order valence-corrected chi connectivity index (χ2v) is 4.72. The molecular weight excluding hydrogens is 204 g/mol. The van der Waals surface area contributed by atoms with Gasteiger partial charge in [0, 0.05) is 18.0 Å². The molecule has 1 heterocycles. The van der Waals surface area contributed by atoms with Gasteiger partial charge < -0.3 is 4.74 Å². The Bertz CT molecular complexity index is 406. The second-order valence-electron chi connectivity index (χ2n) is 2.81. The molecule has 5 nitrogen and oxygen atoms in total. The lowest BCUT2D eigenvalue weighted by Gasteiger charge is -2.03. The van der Waals surface area contributed by atoms with Crippen LogP contribution in [0.1, 0.15) is 12.6 Å². The van der Waals surface area contributed by atoms with Crippen molar-refractivity contribution in [2.24, 2.45) is 0 Å². The van der Waals surface area contributed by atoms with Gasteiger partial charge in [0.15, 0.2) is 0 Å². The molecule has 0 amide bonds. The molecule has 0 aromatic carbocycles. The summed E-state index contributed by atoms with van der Waals surface area (Å²) in [5.41, 5.74) is 0.650. The molecule has 0 fully saturated rings. The Morgan fingerprint density at radius 2 is 2.07 bits per heavy atom. The van der Waals surface area contributed by atoms with E-state index >= 15 is 0 Å². The summed E-state index contributed by atoms with van der Waals surface area (Å²) in [5.74, 6) is 0.275. The summed E-state index contributed by atoms with van der Waals surface area (Å²) in [6.07, 6.45) is 1.71. The zero-order chi connectivity index (χ0) is 10.8. The molecule has 0 saturated carbocycles. The molecule has 0 atom stereocenters. The quantitative estimate of drug-likeness (QED) is 0.686. The van der Waals surface area contributed by atoms with Crippen molar-refractivity contribution < 1.29 is 13.2 Å². The lowest BCUT2D eigenvalue weighted by Crippen LogP contribution is -2.07. The Balaban J connectivity index is 3.32. The van der Waals surface area contributed by atoms with E-state index in [9.17, 15) is 8.42 Å². The molecule has 1 rings (SSSR count). The lowest BCUT2D eigenvalue weighted by atomic mass is 10.3. The summed E-state index contributed by atoms with van der Waals surface area (Å²) in [7, 11) is -1.93. The number of hydrogen-bond acceptors (Lipinski definition) is 5. The monoisotopic (exact) mass is 216 g/mol. The van der Waals surface area contributed by atoms with Crippen LogP contribution in [0.2, 0.25) is 0 Å². The standard InChI is InChI=1S/C8H12N2O3S/c1-4-6-5-7(13-2)10-8(9-6)14(3,11)12/h5H,4H2,1-3H3. The van der Waals surface area contributed by atoms with Gasteiger partial charge in [0.05, 0.1) is 7.11 Å². The Morgan fingerprint density at radius 3 is 2.50 bits per heavy atom. The van der Waals surface area contributed by atoms with E-state index in [1.807, 2.05) is 6.92 Å². The van der Waals surface area contributed by atoms with Gasteiger partial charge >= 0.3 is 0 Å². The highest BCUT2D eigenvalue weighted by atomic mass is 32.2. The normalized spacial score (nSPS) is 11.4. The van der Waals surface area contributed by atoms with Crippen molar-refractivity contribution in [1.82, 2.24) is 9.97 Å². The highest BCUT2D eigenvalue weighted by molar-refractivity contribution is 7.90. The molecule has 0 aliphatic heterocycles. The van der Waals surface area contributed by atoms with Gasteiger partial charge in [0.2, 0.25) is 20.9 Å². The minimum Gasteiger partial charge on any atom is -0.481 e. The first-order valence-corrected chi connectivity index (χ1v) is 5.98. The molecule has 14 heavy (non-hydrogen) atoms. The minimum atomic E-state index is -3.37. The van der Waals surface area contributed by atoms with Gasteiger partial charge in [-0.25, -0.2) is 13.4 Å². The first-order chi connectivity index (χ1) is 6.47. The molecule has 78 valence electrons. The van der Waals surface area contributed by atoms with E-state index in [-0.39, 0.29) is 11.0 Å². The van der Waals surface area contributed by atoms with Crippen LogP contribution in [0, 0.1) is 0 Å². The van der Waals surface area contributed by atoms with Crippen molar-refractivity contribution in [2.45, 2.75) is 18.5 Å². The molecule has 0 radical (unpaired) electrons. The van der Waals surface area contributed by atoms with Gasteiger partial charge in [-0.1, -0.05) is 6.92 Å². The number of aromatic nitrogens is 2. The maximum atomic E-state index is 11.2. The summed E-state index contributed by atoms with van der Waals surface area (Å²) in [4.78, 5) is 7.64. The van der Waals surface area contributed by atoms with Crippen LogP contribution < -0.4 is 4.74 Å². The molecule has 0 aliphatic carbocycles. The van der Waals surface area contributed by atoms with Crippen LogP contribution in [0.5, 0.6) is 5.88 Å². The second kappa shape index (κ2) is 3.91. The van der Waals surface area contributed by atoms with E-state index in [1.165, 1.54) is 7.11 Å². The van der Waals surface area contributed by atoms with Crippen LogP contribution in [0.3, 0.4) is 0 Å². The Labute approximate surface area is 83.1 Å². The van der Waals surface area contributed by atoms with Gasteiger partial charge in [-0.2, -0.15) is 4.98 Å². The topological polar surface area (TPSA) is 69.2 Å². The Kier molecular flexibility index (Phi) is 3.05. The molecule has 0 unspecified atom stereocenters. The fourth-order valence-electron chi connectivity index (χ4n) is 0.901. The highest BCUT2D eigenvalue weighted by Crippen LogP contribution is 2.12. The van der Waals surface area contributed by atoms with Crippen molar-refractivity contribution in [2.75, 3.05) is 13.4 Å². The Morgan fingerprint density at radius 1 is 1.43 bits per heavy atom. The van der Waals surface area contributed by atoms with E-state index in [0.717, 1.165) is 6.26 Å². The van der Waals surface area contributed by atoms with Gasteiger partial charge in [0.1, 0.15) is 0 Å². The van der Waals surface area contributed by atoms with Crippen LogP contribution in [0.25, 0.3) is 0 Å². The molecule has 1 aromatic rings. The van der Waals surface area contributed by atoms with Crippen molar-refractivity contribution in [3.8, 4) is 5.88 Å². The Hall–Kier alpha value is -1.17. The molecule has 0 spiro atoms. The number of sulfone groups is 1. The predicted molar refractivity (Wildman–Crippen MR) is 51.1 cm³/mol. The van der Waals surface area contributed by atoms with Gasteiger partial charge in [0.25, 0.3) is 0 Å². The average Bonchev–Trinajstić information content (AvgIpc) is 2.15. The molecule has 0 aliphatic rings. The number of nitrogens with zero attached hydrogens (tertiary/aromatic N) is 2. The number of methoxy groups -OCH3 is 1. The van der Waals surface area contributed by atoms with Crippen molar-refractivity contribution >= 4 is 9.84 Å². The van der Waals surface area contributed by atoms with Crippen molar-refractivity contribution in [1.29, 1.82) is 0 Å². The van der Waals surface area contributed by atoms with E-state index in [2.05, 4.69) is 9.97 Å². The molecule has 0 bridgehead atoms. The third kappa shape index (κ3) is 2.41. The third-order valence-electron chi connectivity index (χ3n) is 1.64. The lowest BCUT2D eigenvalue weighted by molar-refractivity contribution is 0.390. The van der Waals surface area contributed by atoms with Gasteiger partial charge in [-0.3, -0.25) is 0 Å². The summed E-state index contributed by atoms with van der Waals surface area (Å²) >= 11 is 0. The molecule has 6 heteroatoms. The molecule has 0 saturated heterocycles. The molecule has 1 aromatic heterocycles. The van der Waals surface area contributed by atoms with Crippen LogP contribution in [-0.2, 0) is 16.3 Å². The van der Waals surface area contributed by atoms with Crippen molar-refractivity contribution in [3.63, 3.8) is 0 Å². The maximum absolute atomic E-state index is 11.2. The van der Waals surface area contributed by atoms with Gasteiger partial charge in [-0.05, 0) is 6.42 Å². The number of aryl methyl sites for hydroxylation is 1. The first-order valence-electron chi connectivity index (χ1n) is 4.09. The highest BCUT2D eigenvalue weighted by Gasteiger charge is 2.13. The first kappa shape index (κ1) is 10.9. The minimum absolute atomic E-state index is 0.186. The molecular formula is C8H12N2O3S. The summed E-state index contributed by atoms with van der Waals surface area (Å²) < 4.78 is 27.3.